The first-order valence-corrected chi connectivity index (χ1v) is 5.64. The lowest BCUT2D eigenvalue weighted by Crippen LogP contribution is -2.01. The normalized spacial score (nSPS) is 10.3. The van der Waals surface area contributed by atoms with E-state index in [1.807, 2.05) is 0 Å². The third-order valence-electron chi connectivity index (χ3n) is 2.43. The van der Waals surface area contributed by atoms with Gasteiger partial charge in [-0.1, -0.05) is 0 Å². The van der Waals surface area contributed by atoms with Crippen LogP contribution in [0.4, 0.5) is 0 Å². The summed E-state index contributed by atoms with van der Waals surface area (Å²) in [5.41, 5.74) is 5.62. The Hall–Kier alpha value is -1.95. The number of hydrogen-bond donors (Lipinski definition) is 4. The van der Waals surface area contributed by atoms with E-state index < -0.39 is 5.97 Å². The molecule has 0 bridgehead atoms. The summed E-state index contributed by atoms with van der Waals surface area (Å²) in [4.78, 5) is 10.3. The summed E-state index contributed by atoms with van der Waals surface area (Å²) in [5, 5.41) is 27.5. The van der Waals surface area contributed by atoms with Crippen LogP contribution >= 0.6 is 0 Å². The van der Waals surface area contributed by atoms with Gasteiger partial charge in [-0.25, -0.2) is 0 Å². The topological polar surface area (TPSA) is 113 Å². The van der Waals surface area contributed by atoms with E-state index in [9.17, 15) is 15.0 Å². The number of carboxylic acid groups (broad SMARTS) is 1. The van der Waals surface area contributed by atoms with Crippen molar-refractivity contribution in [3.63, 3.8) is 0 Å². The van der Waals surface area contributed by atoms with Gasteiger partial charge in [-0.3, -0.25) is 4.79 Å². The van der Waals surface area contributed by atoms with E-state index in [4.69, 9.17) is 15.6 Å². The molecular weight excluding hydrogens is 238 g/mol. The van der Waals surface area contributed by atoms with Gasteiger partial charge in [0.1, 0.15) is 17.2 Å². The molecule has 0 saturated carbocycles. The van der Waals surface area contributed by atoms with Crippen LogP contribution in [0.5, 0.6) is 17.2 Å². The van der Waals surface area contributed by atoms with Crippen molar-refractivity contribution in [3.05, 3.63) is 17.7 Å². The van der Waals surface area contributed by atoms with E-state index in [2.05, 4.69) is 0 Å². The first-order valence-electron chi connectivity index (χ1n) is 5.64. The molecule has 1 aromatic carbocycles. The fraction of sp³-hybridized carbons (Fsp3) is 0.417. The summed E-state index contributed by atoms with van der Waals surface area (Å²) in [6, 6.07) is 2.75. The summed E-state index contributed by atoms with van der Waals surface area (Å²) in [6.45, 7) is 0.366. The Morgan fingerprint density at radius 2 is 1.83 bits per heavy atom. The van der Waals surface area contributed by atoms with Crippen LogP contribution in [0.1, 0.15) is 24.8 Å². The van der Waals surface area contributed by atoms with Crippen molar-refractivity contribution >= 4 is 5.97 Å². The number of phenols is 2. The van der Waals surface area contributed by atoms with Gasteiger partial charge in [0.15, 0.2) is 0 Å². The number of hydrogen-bond acceptors (Lipinski definition) is 5. The van der Waals surface area contributed by atoms with Crippen LogP contribution in [-0.4, -0.2) is 27.9 Å². The summed E-state index contributed by atoms with van der Waals surface area (Å²) < 4.78 is 5.30. The lowest BCUT2D eigenvalue weighted by atomic mass is 10.1. The van der Waals surface area contributed by atoms with Crippen molar-refractivity contribution in [2.24, 2.45) is 5.73 Å². The van der Waals surface area contributed by atoms with Crippen LogP contribution in [0.2, 0.25) is 0 Å². The Labute approximate surface area is 105 Å². The van der Waals surface area contributed by atoms with E-state index in [0.29, 0.717) is 25.2 Å². The number of rotatable bonds is 7. The summed E-state index contributed by atoms with van der Waals surface area (Å²) in [5.74, 6) is -0.730. The Kier molecular flexibility index (Phi) is 5.26. The van der Waals surface area contributed by atoms with Gasteiger partial charge in [-0.05, 0) is 12.8 Å². The molecule has 0 unspecified atom stereocenters. The molecule has 6 heteroatoms. The number of phenolic OH excluding ortho intramolecular Hbond substituents is 2. The second-order valence-corrected chi connectivity index (χ2v) is 3.84. The molecule has 1 aromatic rings. The predicted molar refractivity (Wildman–Crippen MR) is 64.6 cm³/mol. The minimum Gasteiger partial charge on any atom is -0.507 e. The standard InChI is InChI=1S/C12H17NO5/c13-7-9-10(14)5-8(6-11(9)15)18-4-2-1-3-12(16)17/h5-6,14-15H,1-4,7,13H2,(H,16,17). The minimum absolute atomic E-state index is 0.0383. The van der Waals surface area contributed by atoms with E-state index >= 15 is 0 Å². The number of aromatic hydroxyl groups is 2. The fourth-order valence-electron chi connectivity index (χ4n) is 1.48. The molecule has 0 fully saturated rings. The molecule has 0 spiro atoms. The first kappa shape index (κ1) is 14.1. The highest BCUT2D eigenvalue weighted by Gasteiger charge is 2.08. The molecule has 5 N–H and O–H groups in total. The molecule has 1 rings (SSSR count). The highest BCUT2D eigenvalue weighted by atomic mass is 16.5. The monoisotopic (exact) mass is 255 g/mol. The molecule has 0 aliphatic carbocycles. The average molecular weight is 255 g/mol. The predicted octanol–water partition coefficient (Wildman–Crippen LogP) is 1.19. The van der Waals surface area contributed by atoms with Crippen LogP contribution < -0.4 is 10.5 Å². The van der Waals surface area contributed by atoms with Crippen LogP contribution in [-0.2, 0) is 11.3 Å². The number of carboxylic acids is 1. The Balaban J connectivity index is 2.46. The van der Waals surface area contributed by atoms with Crippen molar-refractivity contribution in [2.75, 3.05) is 6.61 Å². The van der Waals surface area contributed by atoms with Crippen molar-refractivity contribution in [1.82, 2.24) is 0 Å². The fourth-order valence-corrected chi connectivity index (χ4v) is 1.48. The van der Waals surface area contributed by atoms with Gasteiger partial charge < -0.3 is 25.8 Å². The van der Waals surface area contributed by atoms with Gasteiger partial charge in [0, 0.05) is 30.7 Å². The number of benzene rings is 1. The summed E-state index contributed by atoms with van der Waals surface area (Å²) >= 11 is 0. The quantitative estimate of drug-likeness (QED) is 0.544. The molecule has 0 aliphatic rings. The zero-order valence-corrected chi connectivity index (χ0v) is 9.93. The molecule has 0 radical (unpaired) electrons. The maximum atomic E-state index is 10.3. The SMILES string of the molecule is NCc1c(O)cc(OCCCCC(=O)O)cc1O. The number of carbonyl (C=O) groups is 1. The second-order valence-electron chi connectivity index (χ2n) is 3.84. The molecule has 6 nitrogen and oxygen atoms in total. The lowest BCUT2D eigenvalue weighted by Gasteiger charge is -2.10. The Morgan fingerprint density at radius 1 is 1.22 bits per heavy atom. The van der Waals surface area contributed by atoms with Crippen molar-refractivity contribution in [1.29, 1.82) is 0 Å². The maximum absolute atomic E-state index is 10.3. The van der Waals surface area contributed by atoms with Gasteiger partial charge in [0.25, 0.3) is 0 Å². The van der Waals surface area contributed by atoms with Crippen LogP contribution in [0.25, 0.3) is 0 Å². The highest BCUT2D eigenvalue weighted by Crippen LogP contribution is 2.32. The van der Waals surface area contributed by atoms with E-state index in [-0.39, 0.29) is 30.0 Å². The molecule has 0 amide bonds. The third-order valence-corrected chi connectivity index (χ3v) is 2.43. The van der Waals surface area contributed by atoms with E-state index in [1.54, 1.807) is 0 Å². The zero-order valence-electron chi connectivity index (χ0n) is 9.93. The highest BCUT2D eigenvalue weighted by molar-refractivity contribution is 5.66. The molecule has 18 heavy (non-hydrogen) atoms. The van der Waals surface area contributed by atoms with Crippen LogP contribution in [0.3, 0.4) is 0 Å². The molecule has 0 aliphatic heterocycles. The Bertz CT molecular complexity index is 396. The lowest BCUT2D eigenvalue weighted by molar-refractivity contribution is -0.137. The maximum Gasteiger partial charge on any atom is 0.303 e. The van der Waals surface area contributed by atoms with E-state index in [1.165, 1.54) is 12.1 Å². The number of aliphatic carboxylic acids is 1. The molecule has 0 heterocycles. The summed E-state index contributed by atoms with van der Waals surface area (Å²) in [6.07, 6.45) is 1.21. The Morgan fingerprint density at radius 3 is 2.33 bits per heavy atom. The largest absolute Gasteiger partial charge is 0.507 e. The van der Waals surface area contributed by atoms with Crippen molar-refractivity contribution in [3.8, 4) is 17.2 Å². The van der Waals surface area contributed by atoms with Crippen molar-refractivity contribution < 1.29 is 24.9 Å². The number of ether oxygens (including phenoxy) is 1. The average Bonchev–Trinajstić information content (AvgIpc) is 2.27. The first-order chi connectivity index (χ1) is 8.54. The zero-order chi connectivity index (χ0) is 13.5. The van der Waals surface area contributed by atoms with E-state index in [0.717, 1.165) is 0 Å². The third kappa shape index (κ3) is 4.14. The molecule has 100 valence electrons. The van der Waals surface area contributed by atoms with Crippen molar-refractivity contribution in [2.45, 2.75) is 25.8 Å². The van der Waals surface area contributed by atoms with Gasteiger partial charge in [0.2, 0.25) is 0 Å². The summed E-state index contributed by atoms with van der Waals surface area (Å²) in [7, 11) is 0. The molecular formula is C12H17NO5. The van der Waals surface area contributed by atoms with Crippen LogP contribution in [0.15, 0.2) is 12.1 Å². The van der Waals surface area contributed by atoms with Gasteiger partial charge in [0.05, 0.1) is 6.61 Å². The number of unbranched alkanes of at least 4 members (excludes halogenated alkanes) is 1. The molecule has 0 aromatic heterocycles. The van der Waals surface area contributed by atoms with Gasteiger partial charge in [-0.15, -0.1) is 0 Å². The van der Waals surface area contributed by atoms with Gasteiger partial charge >= 0.3 is 5.97 Å². The van der Waals surface area contributed by atoms with Gasteiger partial charge in [-0.2, -0.15) is 0 Å². The number of nitrogens with two attached hydrogens (primary N) is 1. The molecule has 0 saturated heterocycles. The minimum atomic E-state index is -0.836. The smallest absolute Gasteiger partial charge is 0.303 e. The van der Waals surface area contributed by atoms with Crippen LogP contribution in [0, 0.1) is 0 Å². The second kappa shape index (κ2) is 6.70. The molecule has 0 atom stereocenters.